The number of hydrogen-bond acceptors (Lipinski definition) is 2. The van der Waals surface area contributed by atoms with Gasteiger partial charge in [0.2, 0.25) is 5.04 Å². The van der Waals surface area contributed by atoms with Gasteiger partial charge in [0.1, 0.15) is 0 Å². The molecular formula is C41H24BCl4F4N2S2+. The average molecular weight is 837 g/mol. The van der Waals surface area contributed by atoms with E-state index in [2.05, 4.69) is 0 Å². The summed E-state index contributed by atoms with van der Waals surface area (Å²) in [6.07, 6.45) is -2.77. The summed E-state index contributed by atoms with van der Waals surface area (Å²) >= 11 is 29.1. The van der Waals surface area contributed by atoms with Gasteiger partial charge in [-0.3, -0.25) is 4.48 Å². The maximum Gasteiger partial charge on any atom is 0.847 e. The van der Waals surface area contributed by atoms with Crippen molar-refractivity contribution in [2.75, 3.05) is 0 Å². The van der Waals surface area contributed by atoms with Crippen LogP contribution in [-0.2, 0) is 6.18 Å². The summed E-state index contributed by atoms with van der Waals surface area (Å²) in [4.78, 5) is 0.901. The molecule has 3 heterocycles. The maximum absolute atomic E-state index is 18.2. The van der Waals surface area contributed by atoms with Gasteiger partial charge in [0, 0.05) is 11.6 Å². The van der Waals surface area contributed by atoms with Gasteiger partial charge in [-0.05, 0) is 77.3 Å². The highest BCUT2D eigenvalue weighted by molar-refractivity contribution is 8.15. The Morgan fingerprint density at radius 3 is 1.81 bits per heavy atom. The lowest BCUT2D eigenvalue weighted by Crippen LogP contribution is -2.40. The third-order valence-electron chi connectivity index (χ3n) is 9.17. The van der Waals surface area contributed by atoms with Gasteiger partial charge in [-0.1, -0.05) is 143 Å². The first kappa shape index (κ1) is 37.1. The Morgan fingerprint density at radius 1 is 0.648 bits per heavy atom. The lowest BCUT2D eigenvalue weighted by atomic mass is 9.90. The molecule has 0 atom stereocenters. The second-order valence-corrected chi connectivity index (χ2v) is 16.1. The molecule has 13 heteroatoms. The molecule has 54 heavy (non-hydrogen) atoms. The predicted molar refractivity (Wildman–Crippen MR) is 217 cm³/mol. The average Bonchev–Trinajstić information content (AvgIpc) is 3.71. The molecule has 0 bridgehead atoms. The summed E-state index contributed by atoms with van der Waals surface area (Å²) < 4.78 is 65.3. The number of halogens is 8. The van der Waals surface area contributed by atoms with Gasteiger partial charge in [0.05, 0.1) is 57.3 Å². The molecule has 1 aromatic heterocycles. The fourth-order valence-corrected chi connectivity index (χ4v) is 10.2. The van der Waals surface area contributed by atoms with E-state index >= 15 is 4.32 Å². The minimum Gasteiger partial charge on any atom is -0.279 e. The van der Waals surface area contributed by atoms with Gasteiger partial charge in [-0.2, -0.15) is 13.2 Å². The van der Waals surface area contributed by atoms with Crippen molar-refractivity contribution in [2.24, 2.45) is 0 Å². The van der Waals surface area contributed by atoms with E-state index in [1.54, 1.807) is 47.0 Å². The topological polar surface area (TPSA) is 7.94 Å². The molecule has 2 aliphatic rings. The van der Waals surface area contributed by atoms with E-state index in [0.29, 0.717) is 41.8 Å². The van der Waals surface area contributed by atoms with Crippen molar-refractivity contribution in [3.05, 3.63) is 181 Å². The van der Waals surface area contributed by atoms with Crippen LogP contribution in [0.2, 0.25) is 20.1 Å². The maximum atomic E-state index is 18.2. The fourth-order valence-electron chi connectivity index (χ4n) is 6.76. The molecule has 0 aliphatic carbocycles. The molecule has 0 saturated heterocycles. The number of rotatable bonds is 6. The number of allylic oxidation sites excluding steroid dienone is 1. The van der Waals surface area contributed by atoms with Crippen LogP contribution in [0.5, 0.6) is 0 Å². The van der Waals surface area contributed by atoms with Crippen molar-refractivity contribution in [2.45, 2.75) is 27.9 Å². The summed E-state index contributed by atoms with van der Waals surface area (Å²) in [7, 11) is -1.96. The van der Waals surface area contributed by atoms with Crippen LogP contribution >= 0.6 is 69.9 Å². The van der Waals surface area contributed by atoms with Crippen LogP contribution in [0.25, 0.3) is 22.3 Å². The van der Waals surface area contributed by atoms with Gasteiger partial charge < -0.3 is 0 Å². The third kappa shape index (κ3) is 6.53. The lowest BCUT2D eigenvalue weighted by molar-refractivity contribution is -0.331. The summed E-state index contributed by atoms with van der Waals surface area (Å²) in [5, 5.41) is 1.98. The standard InChI is InChI=1S/C41H24BCl4F4N2S2/c1-23-11-5-6-14-25(23)27-21-34-36(24-12-3-2-4-13-24)35-22-28(26-15-7-8-16-29(26)41(47,48)49)40(54-38-32(45)19-10-20-33(38)46)52(35)42(50)51(34)39(27)53-37-30(43)17-9-18-31(37)44/h2-22H,1H3/q+1. The van der Waals surface area contributed by atoms with Crippen LogP contribution in [0.4, 0.5) is 17.5 Å². The first-order chi connectivity index (χ1) is 25.9. The summed E-state index contributed by atoms with van der Waals surface area (Å²) in [6, 6.07) is 34.2. The van der Waals surface area contributed by atoms with Crippen LogP contribution in [0.3, 0.4) is 0 Å². The number of fused-ring (bicyclic) bond motifs is 2. The van der Waals surface area contributed by atoms with Crippen molar-refractivity contribution in [3.8, 4) is 11.1 Å². The number of hydrogen-bond donors (Lipinski definition) is 0. The van der Waals surface area contributed by atoms with E-state index in [0.717, 1.165) is 40.1 Å². The molecule has 268 valence electrons. The highest BCUT2D eigenvalue weighted by atomic mass is 35.5. The Balaban J connectivity index is 1.49. The van der Waals surface area contributed by atoms with E-state index in [9.17, 15) is 13.2 Å². The molecule has 6 aromatic rings. The van der Waals surface area contributed by atoms with Gasteiger partial charge in [0.15, 0.2) is 5.70 Å². The highest BCUT2D eigenvalue weighted by Gasteiger charge is 2.54. The van der Waals surface area contributed by atoms with Crippen molar-refractivity contribution < 1.29 is 22.0 Å². The zero-order chi connectivity index (χ0) is 37.9. The molecule has 0 spiro atoms. The fraction of sp³-hybridized carbons (Fsp3) is 0.0488. The SMILES string of the molecule is Cc1ccccc1C1=CC2=C(c3ccccc3)c3cc(-c4ccccc4C(F)(F)F)c(Sc4c(Cl)cccc4Cl)n3B(F)[N+]2=C1Sc1c(Cl)cccc1Cl. The molecule has 0 radical (unpaired) electrons. The second-order valence-electron chi connectivity index (χ2n) is 12.5. The number of benzene rings is 5. The van der Waals surface area contributed by atoms with Gasteiger partial charge >= 0.3 is 13.4 Å². The van der Waals surface area contributed by atoms with E-state index in [-0.39, 0.29) is 26.2 Å². The molecule has 5 aromatic carbocycles. The Kier molecular flexibility index (Phi) is 10.1. The van der Waals surface area contributed by atoms with Crippen LogP contribution in [0, 0.1) is 6.92 Å². The minimum absolute atomic E-state index is 0.111. The van der Waals surface area contributed by atoms with Crippen molar-refractivity contribution in [3.63, 3.8) is 0 Å². The van der Waals surface area contributed by atoms with E-state index in [1.165, 1.54) is 34.4 Å². The van der Waals surface area contributed by atoms with Crippen molar-refractivity contribution >= 4 is 93.4 Å². The molecular weight excluding hydrogens is 813 g/mol. The second kappa shape index (κ2) is 14.7. The molecule has 0 unspecified atom stereocenters. The number of nitrogens with zero attached hydrogens (tertiary/aromatic N) is 2. The van der Waals surface area contributed by atoms with Crippen LogP contribution in [0.1, 0.15) is 27.9 Å². The Morgan fingerprint density at radius 2 is 1.20 bits per heavy atom. The normalized spacial score (nSPS) is 14.1. The van der Waals surface area contributed by atoms with Crippen LogP contribution < -0.4 is 0 Å². The smallest absolute Gasteiger partial charge is 0.279 e. The number of alkyl halides is 3. The first-order valence-corrected chi connectivity index (χ1v) is 19.6. The monoisotopic (exact) mass is 835 g/mol. The number of thioether (sulfide) groups is 1. The Bertz CT molecular complexity index is 2540. The zero-order valence-corrected chi connectivity index (χ0v) is 32.6. The van der Waals surface area contributed by atoms with Crippen molar-refractivity contribution in [1.29, 1.82) is 0 Å². The number of aromatic nitrogens is 1. The quantitative estimate of drug-likeness (QED) is 0.122. The molecule has 8 rings (SSSR count). The zero-order valence-electron chi connectivity index (χ0n) is 27.9. The van der Waals surface area contributed by atoms with Gasteiger partial charge in [0.25, 0.3) is 0 Å². The van der Waals surface area contributed by atoms with Crippen LogP contribution in [-0.4, -0.2) is 21.3 Å². The minimum atomic E-state index is -4.70. The predicted octanol–water partition coefficient (Wildman–Crippen LogP) is 14.1. The van der Waals surface area contributed by atoms with E-state index in [1.807, 2.05) is 67.6 Å². The molecule has 0 N–H and O–H groups in total. The summed E-state index contributed by atoms with van der Waals surface area (Å²) in [5.74, 6) is 0. The molecule has 0 fully saturated rings. The summed E-state index contributed by atoms with van der Waals surface area (Å²) in [6.45, 7) is 1.98. The van der Waals surface area contributed by atoms with Gasteiger partial charge in [-0.15, -0.1) is 0 Å². The van der Waals surface area contributed by atoms with Gasteiger partial charge in [-0.25, -0.2) is 8.80 Å². The van der Waals surface area contributed by atoms with Crippen LogP contribution in [0.15, 0.2) is 148 Å². The lowest BCUT2D eigenvalue weighted by Gasteiger charge is -2.21. The van der Waals surface area contributed by atoms with E-state index < -0.39 is 19.0 Å². The van der Waals surface area contributed by atoms with E-state index in [4.69, 9.17) is 46.4 Å². The molecule has 2 aliphatic heterocycles. The number of aryl methyl sites for hydroxylation is 1. The Hall–Kier alpha value is -3.83. The Labute approximate surface area is 337 Å². The molecule has 0 saturated carbocycles. The summed E-state index contributed by atoms with van der Waals surface area (Å²) in [5.41, 5.74) is 3.99. The molecule has 2 nitrogen and oxygen atoms in total. The molecule has 0 amide bonds. The highest BCUT2D eigenvalue weighted by Crippen LogP contribution is 2.52. The first-order valence-electron chi connectivity index (χ1n) is 16.5. The third-order valence-corrected chi connectivity index (χ3v) is 13.4. The van der Waals surface area contributed by atoms with Crippen molar-refractivity contribution in [1.82, 2.24) is 4.48 Å². The largest absolute Gasteiger partial charge is 0.847 e.